The Labute approximate surface area is 154 Å². The van der Waals surface area contributed by atoms with Gasteiger partial charge in [0.25, 0.3) is 0 Å². The van der Waals surface area contributed by atoms with Crippen LogP contribution in [0.25, 0.3) is 0 Å². The Bertz CT molecular complexity index is 838. The molecule has 0 aromatic heterocycles. The van der Waals surface area contributed by atoms with E-state index in [1.54, 1.807) is 13.8 Å². The number of hydrogen-bond donors (Lipinski definition) is 2. The predicted molar refractivity (Wildman–Crippen MR) is 91.6 cm³/mol. The number of halogens is 3. The summed E-state index contributed by atoms with van der Waals surface area (Å²) in [5.74, 6) is -3.68. The molecule has 1 aliphatic rings. The number of hydrogen-bond acceptors (Lipinski definition) is 4. The molecule has 0 aliphatic carbocycles. The van der Waals surface area contributed by atoms with Gasteiger partial charge in [-0.25, -0.2) is 9.59 Å². The molecule has 0 spiro atoms. The van der Waals surface area contributed by atoms with Crippen LogP contribution < -0.4 is 5.32 Å². The second-order valence-corrected chi connectivity index (χ2v) is 6.48. The zero-order chi connectivity index (χ0) is 20.5. The van der Waals surface area contributed by atoms with Crippen molar-refractivity contribution in [1.82, 2.24) is 5.32 Å². The Morgan fingerprint density at radius 3 is 2.19 bits per heavy atom. The van der Waals surface area contributed by atoms with Crippen molar-refractivity contribution in [3.8, 4) is 0 Å². The molecule has 0 radical (unpaired) electrons. The zero-order valence-corrected chi connectivity index (χ0v) is 15.3. The monoisotopic (exact) mass is 383 g/mol. The predicted octanol–water partition coefficient (Wildman–Crippen LogP) is 3.98. The van der Waals surface area contributed by atoms with Crippen LogP contribution in [0.1, 0.15) is 44.7 Å². The number of dihydropyridines is 1. The van der Waals surface area contributed by atoms with Crippen LogP contribution in [0.2, 0.25) is 0 Å². The molecule has 5 nitrogen and oxygen atoms in total. The highest BCUT2D eigenvalue weighted by atomic mass is 19.4. The van der Waals surface area contributed by atoms with Gasteiger partial charge < -0.3 is 15.2 Å². The molecule has 1 unspecified atom stereocenters. The van der Waals surface area contributed by atoms with E-state index in [2.05, 4.69) is 5.32 Å². The normalized spacial score (nSPS) is 17.9. The van der Waals surface area contributed by atoms with Gasteiger partial charge in [-0.2, -0.15) is 13.2 Å². The molecule has 8 heteroatoms. The number of carbonyl (C=O) groups excluding carboxylic acids is 1. The van der Waals surface area contributed by atoms with Gasteiger partial charge in [-0.3, -0.25) is 0 Å². The Hall–Kier alpha value is -2.77. The highest BCUT2D eigenvalue weighted by Crippen LogP contribution is 2.44. The molecule has 146 valence electrons. The largest absolute Gasteiger partial charge is 0.478 e. The zero-order valence-electron chi connectivity index (χ0n) is 15.3. The second-order valence-electron chi connectivity index (χ2n) is 6.48. The smallest absolute Gasteiger partial charge is 0.416 e. The van der Waals surface area contributed by atoms with Crippen molar-refractivity contribution in [2.45, 2.75) is 45.9 Å². The summed E-state index contributed by atoms with van der Waals surface area (Å²) in [6.07, 6.45) is -5.23. The van der Waals surface area contributed by atoms with Crippen molar-refractivity contribution in [2.75, 3.05) is 0 Å². The number of aliphatic carboxylic acids is 1. The molecule has 1 aromatic carbocycles. The summed E-state index contributed by atoms with van der Waals surface area (Å²) >= 11 is 0. The van der Waals surface area contributed by atoms with E-state index in [0.29, 0.717) is 0 Å². The van der Waals surface area contributed by atoms with E-state index in [1.807, 2.05) is 0 Å². The summed E-state index contributed by atoms with van der Waals surface area (Å²) in [6, 6.07) is 4.65. The van der Waals surface area contributed by atoms with Gasteiger partial charge in [0.05, 0.1) is 28.7 Å². The minimum absolute atomic E-state index is 0.150. The summed E-state index contributed by atoms with van der Waals surface area (Å²) in [5.41, 5.74) is -1.35. The first-order chi connectivity index (χ1) is 12.4. The van der Waals surface area contributed by atoms with Crippen LogP contribution in [0.15, 0.2) is 46.8 Å². The molecule has 1 atom stereocenters. The molecule has 1 aliphatic heterocycles. The number of esters is 1. The average molecular weight is 383 g/mol. The fraction of sp³-hybridized carbons (Fsp3) is 0.368. The number of alkyl halides is 3. The second kappa shape index (κ2) is 7.46. The first kappa shape index (κ1) is 20.5. The van der Waals surface area contributed by atoms with Crippen LogP contribution in [0.4, 0.5) is 13.2 Å². The topological polar surface area (TPSA) is 75.6 Å². The Morgan fingerprint density at radius 1 is 1.11 bits per heavy atom. The number of nitrogens with one attached hydrogen (secondary N) is 1. The SMILES string of the molecule is CC1=C(C(=O)O)C(c2ccccc2C(F)(F)F)C(C(=O)OC(C)C)=C(C)N1. The highest BCUT2D eigenvalue weighted by molar-refractivity contribution is 5.99. The van der Waals surface area contributed by atoms with Gasteiger partial charge in [0.15, 0.2) is 0 Å². The lowest BCUT2D eigenvalue weighted by molar-refractivity contribution is -0.144. The van der Waals surface area contributed by atoms with Crippen LogP contribution in [0, 0.1) is 0 Å². The van der Waals surface area contributed by atoms with Crippen molar-refractivity contribution in [3.63, 3.8) is 0 Å². The Balaban J connectivity index is 2.77. The molecule has 0 amide bonds. The summed E-state index contributed by atoms with van der Waals surface area (Å²) in [6.45, 7) is 6.15. The maximum absolute atomic E-state index is 13.6. The number of allylic oxidation sites excluding steroid dienone is 2. The molecular formula is C19H20F3NO4. The fourth-order valence-electron chi connectivity index (χ4n) is 3.14. The van der Waals surface area contributed by atoms with Crippen LogP contribution in [0.5, 0.6) is 0 Å². The van der Waals surface area contributed by atoms with Crippen LogP contribution in [0.3, 0.4) is 0 Å². The van der Waals surface area contributed by atoms with Gasteiger partial charge in [0.1, 0.15) is 0 Å². The van der Waals surface area contributed by atoms with E-state index in [-0.39, 0.29) is 28.1 Å². The highest BCUT2D eigenvalue weighted by Gasteiger charge is 2.42. The molecule has 0 bridgehead atoms. The summed E-state index contributed by atoms with van der Waals surface area (Å²) < 4.78 is 45.8. The number of carbonyl (C=O) groups is 2. The third kappa shape index (κ3) is 4.15. The average Bonchev–Trinajstić information content (AvgIpc) is 2.51. The molecule has 27 heavy (non-hydrogen) atoms. The lowest BCUT2D eigenvalue weighted by atomic mass is 9.78. The number of ether oxygens (including phenoxy) is 1. The van der Waals surface area contributed by atoms with Crippen molar-refractivity contribution >= 4 is 11.9 Å². The Kier molecular flexibility index (Phi) is 5.67. The summed E-state index contributed by atoms with van der Waals surface area (Å²) in [5, 5.41) is 12.4. The molecule has 2 rings (SSSR count). The molecular weight excluding hydrogens is 363 g/mol. The van der Waals surface area contributed by atoms with Crippen LogP contribution in [-0.2, 0) is 20.5 Å². The van der Waals surface area contributed by atoms with E-state index in [1.165, 1.54) is 32.0 Å². The third-order valence-corrected chi connectivity index (χ3v) is 4.13. The van der Waals surface area contributed by atoms with E-state index in [4.69, 9.17) is 4.74 Å². The van der Waals surface area contributed by atoms with Crippen LogP contribution in [-0.4, -0.2) is 23.1 Å². The van der Waals surface area contributed by atoms with Crippen molar-refractivity contribution in [2.24, 2.45) is 0 Å². The van der Waals surface area contributed by atoms with E-state index in [9.17, 15) is 27.9 Å². The third-order valence-electron chi connectivity index (χ3n) is 4.13. The molecule has 1 heterocycles. The quantitative estimate of drug-likeness (QED) is 0.770. The minimum atomic E-state index is -4.71. The molecule has 0 saturated carbocycles. The molecule has 2 N–H and O–H groups in total. The van der Waals surface area contributed by atoms with Crippen LogP contribution >= 0.6 is 0 Å². The first-order valence-electron chi connectivity index (χ1n) is 8.24. The van der Waals surface area contributed by atoms with Gasteiger partial charge in [-0.15, -0.1) is 0 Å². The fourth-order valence-corrected chi connectivity index (χ4v) is 3.14. The van der Waals surface area contributed by atoms with Crippen molar-refractivity contribution < 1.29 is 32.6 Å². The number of carboxylic acids is 1. The molecule has 1 aromatic rings. The number of rotatable bonds is 4. The molecule has 0 saturated heterocycles. The van der Waals surface area contributed by atoms with Gasteiger partial charge >= 0.3 is 18.1 Å². The lowest BCUT2D eigenvalue weighted by Crippen LogP contribution is -2.33. The van der Waals surface area contributed by atoms with Crippen molar-refractivity contribution in [3.05, 3.63) is 57.9 Å². The summed E-state index contributed by atoms with van der Waals surface area (Å²) in [7, 11) is 0. The van der Waals surface area contributed by atoms with E-state index < -0.39 is 35.7 Å². The van der Waals surface area contributed by atoms with Gasteiger partial charge in [0.2, 0.25) is 0 Å². The number of carboxylic acid groups (broad SMARTS) is 1. The van der Waals surface area contributed by atoms with Gasteiger partial charge in [0, 0.05) is 11.4 Å². The minimum Gasteiger partial charge on any atom is -0.478 e. The number of benzene rings is 1. The van der Waals surface area contributed by atoms with E-state index in [0.717, 1.165) is 6.07 Å². The van der Waals surface area contributed by atoms with Gasteiger partial charge in [-0.1, -0.05) is 18.2 Å². The van der Waals surface area contributed by atoms with E-state index >= 15 is 0 Å². The molecule has 0 fully saturated rings. The van der Waals surface area contributed by atoms with Crippen molar-refractivity contribution in [1.29, 1.82) is 0 Å². The standard InChI is InChI=1S/C19H20F3NO4/c1-9(2)27-18(26)15-11(4)23-10(3)14(17(24)25)16(15)12-7-5-6-8-13(12)19(20,21)22/h5-9,16,23H,1-4H3,(H,24,25). The Morgan fingerprint density at radius 2 is 1.67 bits per heavy atom. The van der Waals surface area contributed by atoms with Gasteiger partial charge in [-0.05, 0) is 39.3 Å². The maximum atomic E-state index is 13.6. The summed E-state index contributed by atoms with van der Waals surface area (Å²) in [4.78, 5) is 24.5. The lowest BCUT2D eigenvalue weighted by Gasteiger charge is -2.31. The maximum Gasteiger partial charge on any atom is 0.416 e. The first-order valence-corrected chi connectivity index (χ1v) is 8.24.